The molecule has 0 aliphatic heterocycles. The number of rotatable bonds is 3. The maximum Gasteiger partial charge on any atom is 0.125 e. The largest absolute Gasteiger partial charge is 0.488 e. The molecule has 0 radical (unpaired) electrons. The van der Waals surface area contributed by atoms with E-state index < -0.39 is 0 Å². The number of nitrogen functional groups attached to an aromatic ring is 1. The Morgan fingerprint density at radius 3 is 2.32 bits per heavy atom. The molecular weight excluding hydrogens is 241 g/mol. The Kier molecular flexibility index (Phi) is 3.74. The number of aryl methyl sites for hydroxylation is 3. The molecule has 0 heterocycles. The second-order valence-corrected chi connectivity index (χ2v) is 4.86. The average Bonchev–Trinajstić information content (AvgIpc) is 2.32. The van der Waals surface area contributed by atoms with Crippen molar-refractivity contribution >= 4 is 5.69 Å². The van der Waals surface area contributed by atoms with Gasteiger partial charge in [0.05, 0.1) is 0 Å². The summed E-state index contributed by atoms with van der Waals surface area (Å²) in [6, 6.07) is 8.45. The summed E-state index contributed by atoms with van der Waals surface area (Å²) in [5, 5.41) is 0. The zero-order chi connectivity index (χ0) is 14.0. The van der Waals surface area contributed by atoms with E-state index in [2.05, 4.69) is 12.1 Å². The Labute approximate surface area is 113 Å². The maximum absolute atomic E-state index is 13.2. The van der Waals surface area contributed by atoms with Crippen molar-refractivity contribution in [2.75, 3.05) is 5.73 Å². The minimum Gasteiger partial charge on any atom is -0.488 e. The van der Waals surface area contributed by atoms with Gasteiger partial charge in [-0.05, 0) is 50.1 Å². The molecule has 100 valence electrons. The van der Waals surface area contributed by atoms with Crippen LogP contribution in [0.4, 0.5) is 10.1 Å². The fourth-order valence-corrected chi connectivity index (χ4v) is 2.24. The van der Waals surface area contributed by atoms with Crippen molar-refractivity contribution in [1.29, 1.82) is 0 Å². The predicted molar refractivity (Wildman–Crippen MR) is 75.8 cm³/mol. The predicted octanol–water partition coefficient (Wildman–Crippen LogP) is 3.91. The molecule has 0 bridgehead atoms. The number of anilines is 1. The number of halogens is 1. The van der Waals surface area contributed by atoms with Gasteiger partial charge < -0.3 is 10.5 Å². The van der Waals surface area contributed by atoms with Gasteiger partial charge in [-0.15, -0.1) is 0 Å². The molecule has 0 spiro atoms. The van der Waals surface area contributed by atoms with Gasteiger partial charge in [-0.25, -0.2) is 4.39 Å². The van der Waals surface area contributed by atoms with Crippen LogP contribution in [0, 0.1) is 26.6 Å². The van der Waals surface area contributed by atoms with Crippen LogP contribution >= 0.6 is 0 Å². The first kappa shape index (κ1) is 13.4. The Morgan fingerprint density at radius 2 is 1.68 bits per heavy atom. The summed E-state index contributed by atoms with van der Waals surface area (Å²) in [6.45, 7) is 6.33. The molecular formula is C16H18FNO. The summed E-state index contributed by atoms with van der Waals surface area (Å²) < 4.78 is 19.0. The molecule has 0 atom stereocenters. The van der Waals surface area contributed by atoms with Crippen molar-refractivity contribution in [3.8, 4) is 5.75 Å². The summed E-state index contributed by atoms with van der Waals surface area (Å²) >= 11 is 0. The molecule has 2 aromatic carbocycles. The zero-order valence-corrected chi connectivity index (χ0v) is 11.5. The lowest BCUT2D eigenvalue weighted by atomic mass is 10.1. The topological polar surface area (TPSA) is 35.2 Å². The smallest absolute Gasteiger partial charge is 0.125 e. The van der Waals surface area contributed by atoms with Gasteiger partial charge in [-0.3, -0.25) is 0 Å². The van der Waals surface area contributed by atoms with Crippen LogP contribution in [0.15, 0.2) is 30.3 Å². The second kappa shape index (κ2) is 5.31. The fraction of sp³-hybridized carbons (Fsp3) is 0.250. The summed E-state index contributed by atoms with van der Waals surface area (Å²) in [5.41, 5.74) is 10.4. The lowest BCUT2D eigenvalue weighted by Gasteiger charge is -2.14. The minimum atomic E-state index is -0.301. The maximum atomic E-state index is 13.2. The van der Waals surface area contributed by atoms with Gasteiger partial charge >= 0.3 is 0 Å². The highest BCUT2D eigenvalue weighted by Gasteiger charge is 2.07. The van der Waals surface area contributed by atoms with Gasteiger partial charge in [-0.2, -0.15) is 0 Å². The summed E-state index contributed by atoms with van der Waals surface area (Å²) in [6.07, 6.45) is 0. The average molecular weight is 259 g/mol. The van der Waals surface area contributed by atoms with Crippen LogP contribution in [-0.2, 0) is 6.61 Å². The molecule has 2 nitrogen and oxygen atoms in total. The highest BCUT2D eigenvalue weighted by Crippen LogP contribution is 2.26. The Morgan fingerprint density at radius 1 is 1.05 bits per heavy atom. The van der Waals surface area contributed by atoms with E-state index in [0.29, 0.717) is 11.3 Å². The van der Waals surface area contributed by atoms with Gasteiger partial charge in [0, 0.05) is 11.3 Å². The molecule has 2 rings (SSSR count). The van der Waals surface area contributed by atoms with Crippen LogP contribution in [0.25, 0.3) is 0 Å². The van der Waals surface area contributed by atoms with Crippen LogP contribution in [0.2, 0.25) is 0 Å². The monoisotopic (exact) mass is 259 g/mol. The van der Waals surface area contributed by atoms with Crippen LogP contribution < -0.4 is 10.5 Å². The molecule has 0 aromatic heterocycles. The number of nitrogens with two attached hydrogens (primary N) is 1. The highest BCUT2D eigenvalue weighted by molar-refractivity contribution is 5.47. The van der Waals surface area contributed by atoms with Crippen LogP contribution in [0.3, 0.4) is 0 Å². The molecule has 0 saturated carbocycles. The SMILES string of the molecule is Cc1cc(C)c(OCc2cc(F)ccc2N)c(C)c1. The van der Waals surface area contributed by atoms with Crippen molar-refractivity contribution < 1.29 is 9.13 Å². The van der Waals surface area contributed by atoms with E-state index in [1.807, 2.05) is 20.8 Å². The van der Waals surface area contributed by atoms with Gasteiger partial charge in [0.1, 0.15) is 18.2 Å². The fourth-order valence-electron chi connectivity index (χ4n) is 2.24. The number of hydrogen-bond acceptors (Lipinski definition) is 2. The molecule has 0 amide bonds. The van der Waals surface area contributed by atoms with Crippen molar-refractivity contribution in [1.82, 2.24) is 0 Å². The van der Waals surface area contributed by atoms with Crippen molar-refractivity contribution in [3.63, 3.8) is 0 Å². The third kappa shape index (κ3) is 3.05. The molecule has 0 saturated heterocycles. The van der Waals surface area contributed by atoms with E-state index in [-0.39, 0.29) is 12.4 Å². The third-order valence-corrected chi connectivity index (χ3v) is 3.08. The van der Waals surface area contributed by atoms with Crippen LogP contribution in [0.5, 0.6) is 5.75 Å². The standard InChI is InChI=1S/C16H18FNO/c1-10-6-11(2)16(12(3)7-10)19-9-13-8-14(17)4-5-15(13)18/h4-8H,9,18H2,1-3H3. The quantitative estimate of drug-likeness (QED) is 0.848. The van der Waals surface area contributed by atoms with E-state index >= 15 is 0 Å². The minimum absolute atomic E-state index is 0.272. The van der Waals surface area contributed by atoms with E-state index in [1.165, 1.54) is 17.7 Å². The molecule has 2 aromatic rings. The summed E-state index contributed by atoms with van der Waals surface area (Å²) in [4.78, 5) is 0. The molecule has 0 aliphatic rings. The van der Waals surface area contributed by atoms with Crippen LogP contribution in [0.1, 0.15) is 22.3 Å². The first-order chi connectivity index (χ1) is 8.97. The van der Waals surface area contributed by atoms with E-state index in [4.69, 9.17) is 10.5 Å². The van der Waals surface area contributed by atoms with Gasteiger partial charge in [0.15, 0.2) is 0 Å². The number of benzene rings is 2. The lowest BCUT2D eigenvalue weighted by molar-refractivity contribution is 0.302. The highest BCUT2D eigenvalue weighted by atomic mass is 19.1. The molecule has 0 aliphatic carbocycles. The summed E-state index contributed by atoms with van der Waals surface area (Å²) in [5.74, 6) is 0.541. The summed E-state index contributed by atoms with van der Waals surface area (Å²) in [7, 11) is 0. The Bertz CT molecular complexity index is 585. The number of hydrogen-bond donors (Lipinski definition) is 1. The van der Waals surface area contributed by atoms with Crippen molar-refractivity contribution in [2.45, 2.75) is 27.4 Å². The lowest BCUT2D eigenvalue weighted by Crippen LogP contribution is -2.03. The van der Waals surface area contributed by atoms with E-state index in [1.54, 1.807) is 6.07 Å². The van der Waals surface area contributed by atoms with Gasteiger partial charge in [-0.1, -0.05) is 17.7 Å². The molecule has 19 heavy (non-hydrogen) atoms. The normalized spacial score (nSPS) is 10.5. The number of ether oxygens (including phenoxy) is 1. The molecule has 0 fully saturated rings. The van der Waals surface area contributed by atoms with E-state index in [0.717, 1.165) is 16.9 Å². The van der Waals surface area contributed by atoms with Crippen LogP contribution in [-0.4, -0.2) is 0 Å². The van der Waals surface area contributed by atoms with Crippen molar-refractivity contribution in [3.05, 3.63) is 58.4 Å². The molecule has 0 unspecified atom stereocenters. The third-order valence-electron chi connectivity index (χ3n) is 3.08. The second-order valence-electron chi connectivity index (χ2n) is 4.86. The zero-order valence-electron chi connectivity index (χ0n) is 11.5. The molecule has 2 N–H and O–H groups in total. The Hall–Kier alpha value is -2.03. The molecule has 3 heteroatoms. The Balaban J connectivity index is 2.21. The van der Waals surface area contributed by atoms with E-state index in [9.17, 15) is 4.39 Å². The van der Waals surface area contributed by atoms with Crippen molar-refractivity contribution in [2.24, 2.45) is 0 Å². The van der Waals surface area contributed by atoms with Gasteiger partial charge in [0.25, 0.3) is 0 Å². The first-order valence-electron chi connectivity index (χ1n) is 6.22. The first-order valence-corrected chi connectivity index (χ1v) is 6.22. The van der Waals surface area contributed by atoms with Gasteiger partial charge in [0.2, 0.25) is 0 Å².